The molecule has 57 heavy (non-hydrogen) atoms. The van der Waals surface area contributed by atoms with Crippen molar-refractivity contribution >= 4 is 60.4 Å². The van der Waals surface area contributed by atoms with Crippen LogP contribution in [0.4, 0.5) is 10.5 Å². The maximum Gasteiger partial charge on any atom is 0.410 e. The predicted molar refractivity (Wildman–Crippen MR) is 231 cm³/mol. The third-order valence-electron chi connectivity index (χ3n) is 8.45. The second-order valence-electron chi connectivity index (χ2n) is 13.7. The average molecular weight is 826 g/mol. The number of nitrogens with zero attached hydrogens (tertiary/aromatic N) is 2. The van der Waals surface area contributed by atoms with Crippen molar-refractivity contribution in [1.29, 1.82) is 0 Å². The quantitative estimate of drug-likeness (QED) is 0.0482. The third kappa shape index (κ3) is 26.4. The number of hydrogen-bond donors (Lipinski definition) is 6. The number of ether oxygens (including phenoxy) is 1. The van der Waals surface area contributed by atoms with E-state index < -0.39 is 29.2 Å². The topological polar surface area (TPSA) is 223 Å². The summed E-state index contributed by atoms with van der Waals surface area (Å²) in [6.07, 6.45) is 5.65. The lowest BCUT2D eigenvalue weighted by Crippen LogP contribution is -2.51. The summed E-state index contributed by atoms with van der Waals surface area (Å²) in [6.45, 7) is 21.0. The molecular formula is C41H75N7O8S. The summed E-state index contributed by atoms with van der Waals surface area (Å²) in [5.41, 5.74) is 10.5. The summed E-state index contributed by atoms with van der Waals surface area (Å²) in [5, 5.41) is 7.45. The predicted octanol–water partition coefficient (Wildman–Crippen LogP) is 5.40. The number of carbonyl (C=O) groups is 7. The SMILES string of the molecule is CC.CC(C)C(NC(=O)CCCCCN1C(=O)CC(S)C1=O)C(=O)NCC(=O)Nc1ccc(COC(=O)N(C)C(C)C(C)C)cc1.CCCC.CCCN.NC=O. The van der Waals surface area contributed by atoms with Crippen molar-refractivity contribution in [2.24, 2.45) is 23.3 Å². The molecule has 1 aliphatic heterocycles. The Balaban J connectivity index is -0.00000196. The molecule has 0 radical (unpaired) electrons. The fourth-order valence-corrected chi connectivity index (χ4v) is 4.74. The van der Waals surface area contributed by atoms with Crippen LogP contribution in [0.1, 0.15) is 126 Å². The molecular weight excluding hydrogens is 751 g/mol. The number of imide groups is 1. The lowest BCUT2D eigenvalue weighted by molar-refractivity contribution is -0.138. The lowest BCUT2D eigenvalue weighted by atomic mass is 10.0. The zero-order valence-corrected chi connectivity index (χ0v) is 37.4. The second kappa shape index (κ2) is 35.0. The van der Waals surface area contributed by atoms with Gasteiger partial charge in [0.2, 0.25) is 35.9 Å². The van der Waals surface area contributed by atoms with Gasteiger partial charge in [-0.3, -0.25) is 33.7 Å². The van der Waals surface area contributed by atoms with E-state index in [0.717, 1.165) is 18.5 Å². The van der Waals surface area contributed by atoms with Gasteiger partial charge in [0.15, 0.2) is 0 Å². The molecule has 0 aliphatic carbocycles. The van der Waals surface area contributed by atoms with Gasteiger partial charge in [-0.25, -0.2) is 4.79 Å². The summed E-state index contributed by atoms with van der Waals surface area (Å²) >= 11 is 4.10. The molecule has 15 nitrogen and oxygen atoms in total. The van der Waals surface area contributed by atoms with E-state index in [4.69, 9.17) is 15.3 Å². The van der Waals surface area contributed by atoms with Gasteiger partial charge in [0, 0.05) is 38.2 Å². The van der Waals surface area contributed by atoms with Gasteiger partial charge >= 0.3 is 6.09 Å². The maximum absolute atomic E-state index is 12.8. The molecule has 0 spiro atoms. The van der Waals surface area contributed by atoms with E-state index >= 15 is 0 Å². The Morgan fingerprint density at radius 2 is 1.47 bits per heavy atom. The fraction of sp³-hybridized carbons (Fsp3) is 0.683. The number of amides is 7. The van der Waals surface area contributed by atoms with Crippen molar-refractivity contribution in [2.45, 2.75) is 145 Å². The van der Waals surface area contributed by atoms with Gasteiger partial charge in [0.25, 0.3) is 0 Å². The molecule has 3 atom stereocenters. The summed E-state index contributed by atoms with van der Waals surface area (Å²) < 4.78 is 5.37. The Morgan fingerprint density at radius 3 is 1.91 bits per heavy atom. The van der Waals surface area contributed by atoms with Crippen molar-refractivity contribution < 1.29 is 38.3 Å². The van der Waals surface area contributed by atoms with E-state index in [-0.39, 0.29) is 62.1 Å². The molecule has 0 bridgehead atoms. The van der Waals surface area contributed by atoms with Crippen LogP contribution < -0.4 is 27.4 Å². The van der Waals surface area contributed by atoms with Crippen molar-refractivity contribution in [3.8, 4) is 0 Å². The highest BCUT2D eigenvalue weighted by Crippen LogP contribution is 2.19. The largest absolute Gasteiger partial charge is 0.445 e. The molecule has 1 aliphatic rings. The van der Waals surface area contributed by atoms with Gasteiger partial charge in [-0.2, -0.15) is 12.6 Å². The number of benzene rings is 1. The number of rotatable bonds is 18. The standard InChI is InChI=1S/C31H47N5O7S.C4H10.C3H9N.C2H6.CH3NO/c1-19(2)21(5)35(6)31(42)43-18-22-11-13-23(14-12-22)33-26(38)17-32-29(40)28(20(3)4)34-25(37)10-8-7-9-15-36-27(39)16-24(44)30(36)41;1-3-4-2;1-2-3-4;1-2;2-1-3/h11-14,19-21,24,28,44H,7-10,15-18H2,1-6H3,(H,32,40)(H,33,38)(H,34,37);3-4H2,1-2H3;2-4H2,1H3;1-2H3;1H,(H2,2,3). The van der Waals surface area contributed by atoms with Crippen molar-refractivity contribution in [3.63, 3.8) is 0 Å². The molecule has 1 heterocycles. The molecule has 0 aromatic heterocycles. The number of likely N-dealkylation sites (tertiary alicyclic amines) is 1. The molecule has 1 fully saturated rings. The monoisotopic (exact) mass is 826 g/mol. The van der Waals surface area contributed by atoms with Crippen LogP contribution >= 0.6 is 12.6 Å². The van der Waals surface area contributed by atoms with Crippen LogP contribution in [0.3, 0.4) is 0 Å². The minimum Gasteiger partial charge on any atom is -0.445 e. The summed E-state index contributed by atoms with van der Waals surface area (Å²) in [7, 11) is 1.70. The van der Waals surface area contributed by atoms with E-state index in [1.807, 2.05) is 34.6 Å². The van der Waals surface area contributed by atoms with Crippen LogP contribution in [0.2, 0.25) is 0 Å². The number of carbonyl (C=O) groups excluding carboxylic acids is 7. The van der Waals surface area contributed by atoms with E-state index in [0.29, 0.717) is 37.4 Å². The first-order chi connectivity index (χ1) is 26.9. The van der Waals surface area contributed by atoms with Crippen LogP contribution in [-0.2, 0) is 40.1 Å². The Bertz CT molecular complexity index is 1290. The van der Waals surface area contributed by atoms with Crippen LogP contribution in [0.5, 0.6) is 0 Å². The van der Waals surface area contributed by atoms with Crippen LogP contribution in [0.15, 0.2) is 24.3 Å². The second-order valence-corrected chi connectivity index (χ2v) is 14.4. The fourth-order valence-electron chi connectivity index (χ4n) is 4.44. The molecule has 1 aromatic rings. The molecule has 0 saturated carbocycles. The number of nitrogens with two attached hydrogens (primary N) is 2. The molecule has 3 unspecified atom stereocenters. The van der Waals surface area contributed by atoms with E-state index in [2.05, 4.69) is 55.1 Å². The van der Waals surface area contributed by atoms with E-state index in [1.54, 1.807) is 50.1 Å². The Kier molecular flexibility index (Phi) is 35.1. The smallest absolute Gasteiger partial charge is 0.410 e. The van der Waals surface area contributed by atoms with Gasteiger partial charge in [0.1, 0.15) is 12.6 Å². The normalized spacial score (nSPS) is 13.8. The van der Waals surface area contributed by atoms with Gasteiger partial charge < -0.3 is 37.1 Å². The van der Waals surface area contributed by atoms with E-state index in [9.17, 15) is 28.8 Å². The third-order valence-corrected chi connectivity index (χ3v) is 8.85. The minimum atomic E-state index is -0.813. The van der Waals surface area contributed by atoms with E-state index in [1.165, 1.54) is 17.7 Å². The Morgan fingerprint density at radius 1 is 0.930 bits per heavy atom. The van der Waals surface area contributed by atoms with Crippen molar-refractivity contribution in [2.75, 3.05) is 32.0 Å². The van der Waals surface area contributed by atoms with Crippen molar-refractivity contribution in [3.05, 3.63) is 29.8 Å². The Hall–Kier alpha value is -4.18. The number of anilines is 1. The number of primary amides is 1. The average Bonchev–Trinajstić information content (AvgIpc) is 3.44. The highest BCUT2D eigenvalue weighted by molar-refractivity contribution is 7.81. The lowest BCUT2D eigenvalue weighted by Gasteiger charge is -2.27. The number of thiol groups is 1. The minimum absolute atomic E-state index is 0.0408. The van der Waals surface area contributed by atoms with Crippen LogP contribution in [0, 0.1) is 11.8 Å². The number of hydrogen-bond acceptors (Lipinski definition) is 10. The maximum atomic E-state index is 12.8. The molecule has 7 N–H and O–H groups in total. The van der Waals surface area contributed by atoms with Gasteiger partial charge in [-0.1, -0.05) is 93.7 Å². The first kappa shape index (κ1) is 57.1. The summed E-state index contributed by atoms with van der Waals surface area (Å²) in [4.78, 5) is 85.0. The molecule has 7 amide bonds. The van der Waals surface area contributed by atoms with Gasteiger partial charge in [-0.05, 0) is 62.3 Å². The summed E-state index contributed by atoms with van der Waals surface area (Å²) in [5.74, 6) is -1.60. The van der Waals surface area contributed by atoms with Crippen LogP contribution in [0.25, 0.3) is 0 Å². The molecule has 1 aromatic carbocycles. The molecule has 16 heteroatoms. The van der Waals surface area contributed by atoms with Crippen molar-refractivity contribution in [1.82, 2.24) is 20.4 Å². The molecule has 328 valence electrons. The zero-order chi connectivity index (χ0) is 44.5. The van der Waals surface area contributed by atoms with Crippen LogP contribution in [-0.4, -0.2) is 95.9 Å². The first-order valence-corrected chi connectivity index (χ1v) is 20.7. The van der Waals surface area contributed by atoms with Gasteiger partial charge in [0.05, 0.1) is 11.8 Å². The zero-order valence-electron chi connectivity index (χ0n) is 36.5. The summed E-state index contributed by atoms with van der Waals surface area (Å²) in [6, 6.07) is 6.06. The first-order valence-electron chi connectivity index (χ1n) is 20.2. The highest BCUT2D eigenvalue weighted by atomic mass is 32.1. The Labute approximate surface area is 347 Å². The van der Waals surface area contributed by atoms with Gasteiger partial charge in [-0.15, -0.1) is 0 Å². The molecule has 1 saturated heterocycles. The number of nitrogens with one attached hydrogen (secondary N) is 3. The molecule has 2 rings (SSSR count). The highest BCUT2D eigenvalue weighted by Gasteiger charge is 2.35. The number of unbranched alkanes of at least 4 members (excludes halogenated alkanes) is 3.